The molecule has 1 aromatic rings. The molecule has 3 heteroatoms. The number of rotatable bonds is 3. The molecule has 0 saturated heterocycles. The van der Waals surface area contributed by atoms with Gasteiger partial charge < -0.3 is 5.73 Å². The minimum Gasteiger partial charge on any atom is -0.323 e. The van der Waals surface area contributed by atoms with E-state index in [4.69, 9.17) is 17.3 Å². The molecule has 0 spiro atoms. The van der Waals surface area contributed by atoms with Crippen molar-refractivity contribution in [1.29, 1.82) is 0 Å². The molecular formula is C13H18ClNS. The van der Waals surface area contributed by atoms with Crippen molar-refractivity contribution in [2.24, 2.45) is 23.5 Å². The first kappa shape index (κ1) is 11.1. The van der Waals surface area contributed by atoms with E-state index in [0.29, 0.717) is 0 Å². The average molecular weight is 256 g/mol. The molecule has 4 unspecified atom stereocenters. The molecule has 2 aliphatic rings. The highest BCUT2D eigenvalue weighted by Gasteiger charge is 2.39. The highest BCUT2D eigenvalue weighted by atomic mass is 35.5. The van der Waals surface area contributed by atoms with Crippen molar-refractivity contribution in [3.05, 3.63) is 21.3 Å². The van der Waals surface area contributed by atoms with Crippen LogP contribution in [-0.2, 0) is 0 Å². The van der Waals surface area contributed by atoms with E-state index in [9.17, 15) is 0 Å². The first-order valence-corrected chi connectivity index (χ1v) is 7.42. The first-order chi connectivity index (χ1) is 7.72. The summed E-state index contributed by atoms with van der Waals surface area (Å²) in [5.74, 6) is 2.88. The summed E-state index contributed by atoms with van der Waals surface area (Å²) in [4.78, 5) is 1.26. The van der Waals surface area contributed by atoms with E-state index in [1.54, 1.807) is 11.3 Å². The van der Waals surface area contributed by atoms with Crippen LogP contribution in [0.4, 0.5) is 0 Å². The number of nitrogens with two attached hydrogens (primary N) is 1. The molecule has 1 aromatic heterocycles. The Morgan fingerprint density at radius 1 is 1.38 bits per heavy atom. The Morgan fingerprint density at radius 2 is 2.25 bits per heavy atom. The minimum absolute atomic E-state index is 0.210. The van der Waals surface area contributed by atoms with Gasteiger partial charge in [-0.05, 0) is 55.6 Å². The van der Waals surface area contributed by atoms with E-state index in [1.165, 1.54) is 30.6 Å². The number of halogens is 1. The Hall–Kier alpha value is -0.0500. The van der Waals surface area contributed by atoms with Crippen molar-refractivity contribution in [1.82, 2.24) is 0 Å². The maximum atomic E-state index is 6.27. The fourth-order valence-electron chi connectivity index (χ4n) is 3.64. The normalized spacial score (nSPS) is 34.5. The van der Waals surface area contributed by atoms with Crippen molar-refractivity contribution in [3.63, 3.8) is 0 Å². The van der Waals surface area contributed by atoms with Gasteiger partial charge >= 0.3 is 0 Å². The Kier molecular flexibility index (Phi) is 2.99. The van der Waals surface area contributed by atoms with Gasteiger partial charge in [0.2, 0.25) is 0 Å². The van der Waals surface area contributed by atoms with Crippen LogP contribution >= 0.6 is 22.9 Å². The van der Waals surface area contributed by atoms with E-state index in [0.717, 1.165) is 28.5 Å². The highest BCUT2D eigenvalue weighted by molar-refractivity contribution is 7.16. The minimum atomic E-state index is 0.210. The standard InChI is InChI=1S/C13H18ClNS/c14-13-4-3-12(16-13)11(15)7-10-6-8-1-2-9(10)5-8/h3-4,8-11H,1-2,5-7,15H2. The summed E-state index contributed by atoms with van der Waals surface area (Å²) in [5, 5.41) is 0. The lowest BCUT2D eigenvalue weighted by Crippen LogP contribution is -2.18. The molecule has 88 valence electrons. The zero-order chi connectivity index (χ0) is 11.1. The summed E-state index contributed by atoms with van der Waals surface area (Å²) in [5.41, 5.74) is 6.27. The van der Waals surface area contributed by atoms with Crippen LogP contribution < -0.4 is 5.73 Å². The maximum Gasteiger partial charge on any atom is 0.0931 e. The van der Waals surface area contributed by atoms with Crippen LogP contribution in [0.5, 0.6) is 0 Å². The molecule has 4 atom stereocenters. The molecule has 16 heavy (non-hydrogen) atoms. The van der Waals surface area contributed by atoms with Crippen LogP contribution in [0.3, 0.4) is 0 Å². The lowest BCUT2D eigenvalue weighted by molar-refractivity contribution is 0.297. The van der Waals surface area contributed by atoms with Crippen molar-refractivity contribution in [3.8, 4) is 0 Å². The van der Waals surface area contributed by atoms with Gasteiger partial charge in [-0.2, -0.15) is 0 Å². The van der Waals surface area contributed by atoms with Crippen LogP contribution in [-0.4, -0.2) is 0 Å². The van der Waals surface area contributed by atoms with E-state index < -0.39 is 0 Å². The van der Waals surface area contributed by atoms with Gasteiger partial charge in [0.25, 0.3) is 0 Å². The maximum absolute atomic E-state index is 6.27. The Labute approximate surface area is 106 Å². The van der Waals surface area contributed by atoms with E-state index in [1.807, 2.05) is 6.07 Å². The second-order valence-electron chi connectivity index (χ2n) is 5.42. The molecular weight excluding hydrogens is 238 g/mol. The van der Waals surface area contributed by atoms with Crippen molar-refractivity contribution in [2.75, 3.05) is 0 Å². The number of thiophene rings is 1. The van der Waals surface area contributed by atoms with Crippen LogP contribution in [0, 0.1) is 17.8 Å². The van der Waals surface area contributed by atoms with Gasteiger partial charge in [0.15, 0.2) is 0 Å². The largest absolute Gasteiger partial charge is 0.323 e. The molecule has 0 aromatic carbocycles. The second-order valence-corrected chi connectivity index (χ2v) is 7.17. The Bertz CT molecular complexity index is 376. The predicted molar refractivity (Wildman–Crippen MR) is 69.8 cm³/mol. The van der Waals surface area contributed by atoms with Gasteiger partial charge in [-0.25, -0.2) is 0 Å². The van der Waals surface area contributed by atoms with Crippen LogP contribution in [0.2, 0.25) is 4.34 Å². The predicted octanol–water partition coefficient (Wildman–Crippen LogP) is 4.23. The summed E-state index contributed by atoms with van der Waals surface area (Å²) in [6, 6.07) is 4.26. The smallest absolute Gasteiger partial charge is 0.0931 e. The van der Waals surface area contributed by atoms with E-state index in [-0.39, 0.29) is 6.04 Å². The Morgan fingerprint density at radius 3 is 2.81 bits per heavy atom. The first-order valence-electron chi connectivity index (χ1n) is 6.23. The molecule has 0 aliphatic heterocycles. The fourth-order valence-corrected chi connectivity index (χ4v) is 4.71. The monoisotopic (exact) mass is 255 g/mol. The molecule has 0 amide bonds. The summed E-state index contributed by atoms with van der Waals surface area (Å²) in [7, 11) is 0. The van der Waals surface area contributed by atoms with Crippen LogP contribution in [0.15, 0.2) is 12.1 Å². The molecule has 2 saturated carbocycles. The molecule has 1 nitrogen and oxygen atoms in total. The van der Waals surface area contributed by atoms with Gasteiger partial charge in [0.05, 0.1) is 4.34 Å². The average Bonchev–Trinajstić information content (AvgIpc) is 2.92. The summed E-state index contributed by atoms with van der Waals surface area (Å²) in [6.07, 6.45) is 6.99. The van der Waals surface area contributed by atoms with Gasteiger partial charge in [0, 0.05) is 10.9 Å². The van der Waals surface area contributed by atoms with Crippen molar-refractivity contribution in [2.45, 2.75) is 38.1 Å². The summed E-state index contributed by atoms with van der Waals surface area (Å²) in [6.45, 7) is 0. The Balaban J connectivity index is 1.62. The summed E-state index contributed by atoms with van der Waals surface area (Å²) < 4.78 is 0.860. The number of hydrogen-bond donors (Lipinski definition) is 1. The quantitative estimate of drug-likeness (QED) is 0.860. The van der Waals surface area contributed by atoms with E-state index >= 15 is 0 Å². The lowest BCUT2D eigenvalue weighted by atomic mass is 9.84. The topological polar surface area (TPSA) is 26.0 Å². The van der Waals surface area contributed by atoms with Crippen LogP contribution in [0.25, 0.3) is 0 Å². The van der Waals surface area contributed by atoms with Crippen molar-refractivity contribution < 1.29 is 0 Å². The lowest BCUT2D eigenvalue weighted by Gasteiger charge is -2.24. The molecule has 0 radical (unpaired) electrons. The zero-order valence-electron chi connectivity index (χ0n) is 9.36. The van der Waals surface area contributed by atoms with E-state index in [2.05, 4.69) is 6.07 Å². The molecule has 2 aliphatic carbocycles. The molecule has 2 N–H and O–H groups in total. The number of fused-ring (bicyclic) bond motifs is 2. The number of hydrogen-bond acceptors (Lipinski definition) is 2. The zero-order valence-corrected chi connectivity index (χ0v) is 10.9. The fraction of sp³-hybridized carbons (Fsp3) is 0.692. The third-order valence-electron chi connectivity index (χ3n) is 4.40. The SMILES string of the molecule is NC(CC1CC2CCC1C2)c1ccc(Cl)s1. The van der Waals surface area contributed by atoms with Gasteiger partial charge in [-0.1, -0.05) is 18.0 Å². The highest BCUT2D eigenvalue weighted by Crippen LogP contribution is 2.50. The van der Waals surface area contributed by atoms with Crippen LogP contribution in [0.1, 0.15) is 43.0 Å². The molecule has 2 fully saturated rings. The third kappa shape index (κ3) is 2.03. The van der Waals surface area contributed by atoms with Gasteiger partial charge in [-0.3, -0.25) is 0 Å². The second kappa shape index (κ2) is 4.32. The summed E-state index contributed by atoms with van der Waals surface area (Å²) >= 11 is 7.59. The molecule has 2 bridgehead atoms. The van der Waals surface area contributed by atoms with Gasteiger partial charge in [0.1, 0.15) is 0 Å². The van der Waals surface area contributed by atoms with Gasteiger partial charge in [-0.15, -0.1) is 11.3 Å². The molecule has 1 heterocycles. The molecule has 3 rings (SSSR count). The van der Waals surface area contributed by atoms with Crippen molar-refractivity contribution >= 4 is 22.9 Å². The third-order valence-corrected chi connectivity index (χ3v) is 5.76.